The molecular formula is C11H22ClN3O3S. The summed E-state index contributed by atoms with van der Waals surface area (Å²) < 4.78 is 24.1. The second kappa shape index (κ2) is 6.88. The van der Waals surface area contributed by atoms with Crippen molar-refractivity contribution in [3.63, 3.8) is 0 Å². The number of carbonyl (C=O) groups excluding carboxylic acids is 1. The number of piperazine rings is 1. The molecule has 6 nitrogen and oxygen atoms in total. The van der Waals surface area contributed by atoms with Gasteiger partial charge in [-0.25, -0.2) is 8.42 Å². The van der Waals surface area contributed by atoms with E-state index in [4.69, 9.17) is 0 Å². The first-order valence-electron chi connectivity index (χ1n) is 6.43. The molecule has 2 aliphatic rings. The van der Waals surface area contributed by atoms with Crippen molar-refractivity contribution in [3.8, 4) is 0 Å². The Labute approximate surface area is 121 Å². The monoisotopic (exact) mass is 311 g/mol. The van der Waals surface area contributed by atoms with E-state index in [1.54, 1.807) is 4.90 Å². The van der Waals surface area contributed by atoms with Crippen LogP contribution < -0.4 is 5.32 Å². The first-order valence-corrected chi connectivity index (χ1v) is 8.28. The SMILES string of the molecule is CS(=O)(=O)N1CCN(C(=O)CC2CCCN2)CC1.Cl. The third kappa shape index (κ3) is 4.59. The highest BCUT2D eigenvalue weighted by molar-refractivity contribution is 7.88. The zero-order valence-corrected chi connectivity index (χ0v) is 12.8. The van der Waals surface area contributed by atoms with Crippen LogP contribution in [0.25, 0.3) is 0 Å². The van der Waals surface area contributed by atoms with Gasteiger partial charge in [0.15, 0.2) is 0 Å². The Bertz CT molecular complexity index is 401. The predicted octanol–water partition coefficient (Wildman–Crippen LogP) is -0.346. The smallest absolute Gasteiger partial charge is 0.224 e. The van der Waals surface area contributed by atoms with Gasteiger partial charge in [0, 0.05) is 38.6 Å². The minimum absolute atomic E-state index is 0. The lowest BCUT2D eigenvalue weighted by Crippen LogP contribution is -2.51. The van der Waals surface area contributed by atoms with Gasteiger partial charge in [0.1, 0.15) is 0 Å². The van der Waals surface area contributed by atoms with Crippen LogP contribution in [0.15, 0.2) is 0 Å². The predicted molar refractivity (Wildman–Crippen MR) is 75.9 cm³/mol. The van der Waals surface area contributed by atoms with Crippen molar-refractivity contribution < 1.29 is 13.2 Å². The molecule has 19 heavy (non-hydrogen) atoms. The van der Waals surface area contributed by atoms with Crippen molar-refractivity contribution in [2.75, 3.05) is 39.0 Å². The van der Waals surface area contributed by atoms with Gasteiger partial charge in [-0.2, -0.15) is 4.31 Å². The molecule has 0 saturated carbocycles. The lowest BCUT2D eigenvalue weighted by Gasteiger charge is -2.33. The van der Waals surface area contributed by atoms with E-state index in [2.05, 4.69) is 5.32 Å². The molecule has 0 aromatic rings. The van der Waals surface area contributed by atoms with Crippen LogP contribution in [0, 0.1) is 0 Å². The molecule has 2 heterocycles. The van der Waals surface area contributed by atoms with Crippen LogP contribution in [0.5, 0.6) is 0 Å². The maximum absolute atomic E-state index is 12.0. The van der Waals surface area contributed by atoms with Crippen LogP contribution >= 0.6 is 12.4 Å². The molecule has 2 saturated heterocycles. The third-order valence-corrected chi connectivity index (χ3v) is 4.95. The summed E-state index contributed by atoms with van der Waals surface area (Å²) in [5.74, 6) is 0.141. The zero-order chi connectivity index (χ0) is 13.2. The molecule has 0 aromatic heterocycles. The lowest BCUT2D eigenvalue weighted by molar-refractivity contribution is -0.132. The molecule has 1 unspecified atom stereocenters. The number of rotatable bonds is 3. The average Bonchev–Trinajstić information content (AvgIpc) is 2.81. The Hall–Kier alpha value is -0.370. The molecule has 1 atom stereocenters. The molecule has 112 valence electrons. The van der Waals surface area contributed by atoms with Gasteiger partial charge < -0.3 is 10.2 Å². The number of halogens is 1. The van der Waals surface area contributed by atoms with Gasteiger partial charge in [0.05, 0.1) is 6.26 Å². The van der Waals surface area contributed by atoms with Crippen molar-refractivity contribution in [2.45, 2.75) is 25.3 Å². The Balaban J connectivity index is 0.00000180. The van der Waals surface area contributed by atoms with Crippen LogP contribution in [-0.4, -0.2) is 68.6 Å². The zero-order valence-electron chi connectivity index (χ0n) is 11.2. The molecule has 1 N–H and O–H groups in total. The number of sulfonamides is 1. The van der Waals surface area contributed by atoms with E-state index < -0.39 is 10.0 Å². The van der Waals surface area contributed by atoms with Gasteiger partial charge in [0.25, 0.3) is 0 Å². The fourth-order valence-corrected chi connectivity index (χ4v) is 3.37. The third-order valence-electron chi connectivity index (χ3n) is 3.64. The van der Waals surface area contributed by atoms with Crippen LogP contribution in [0.1, 0.15) is 19.3 Å². The second-order valence-corrected chi connectivity index (χ2v) is 7.02. The van der Waals surface area contributed by atoms with Gasteiger partial charge in [-0.05, 0) is 19.4 Å². The van der Waals surface area contributed by atoms with Gasteiger partial charge in [-0.15, -0.1) is 12.4 Å². The second-order valence-electron chi connectivity index (χ2n) is 5.04. The van der Waals surface area contributed by atoms with Gasteiger partial charge in [-0.3, -0.25) is 4.79 Å². The average molecular weight is 312 g/mol. The molecule has 0 aliphatic carbocycles. The van der Waals surface area contributed by atoms with Crippen LogP contribution in [0.4, 0.5) is 0 Å². The number of amides is 1. The lowest BCUT2D eigenvalue weighted by atomic mass is 10.1. The normalized spacial score (nSPS) is 25.1. The van der Waals surface area contributed by atoms with E-state index in [1.807, 2.05) is 0 Å². The van der Waals surface area contributed by atoms with Crippen LogP contribution in [0.3, 0.4) is 0 Å². The highest BCUT2D eigenvalue weighted by Gasteiger charge is 2.27. The molecule has 2 rings (SSSR count). The molecule has 0 bridgehead atoms. The summed E-state index contributed by atoms with van der Waals surface area (Å²) in [5, 5.41) is 3.31. The maximum Gasteiger partial charge on any atom is 0.224 e. The molecule has 8 heteroatoms. The topological polar surface area (TPSA) is 69.7 Å². The Morgan fingerprint density at radius 3 is 2.37 bits per heavy atom. The number of nitrogens with one attached hydrogen (secondary N) is 1. The van der Waals surface area contributed by atoms with Crippen molar-refractivity contribution >= 4 is 28.3 Å². The molecule has 0 aromatic carbocycles. The van der Waals surface area contributed by atoms with Crippen molar-refractivity contribution in [3.05, 3.63) is 0 Å². The molecule has 2 aliphatic heterocycles. The van der Waals surface area contributed by atoms with Crippen LogP contribution in [0.2, 0.25) is 0 Å². The van der Waals surface area contributed by atoms with Crippen molar-refractivity contribution in [1.29, 1.82) is 0 Å². The highest BCUT2D eigenvalue weighted by atomic mass is 35.5. The van der Waals surface area contributed by atoms with E-state index in [0.29, 0.717) is 38.6 Å². The molecule has 0 radical (unpaired) electrons. The maximum atomic E-state index is 12.0. The van der Waals surface area contributed by atoms with E-state index in [-0.39, 0.29) is 18.3 Å². The van der Waals surface area contributed by atoms with Gasteiger partial charge in [-0.1, -0.05) is 0 Å². The molecule has 2 fully saturated rings. The summed E-state index contributed by atoms with van der Waals surface area (Å²) in [6, 6.07) is 0.311. The summed E-state index contributed by atoms with van der Waals surface area (Å²) in [7, 11) is -3.11. The van der Waals surface area contributed by atoms with E-state index in [1.165, 1.54) is 10.6 Å². The summed E-state index contributed by atoms with van der Waals surface area (Å²) in [6.07, 6.45) is 3.96. The minimum atomic E-state index is -3.11. The number of hydrogen-bond acceptors (Lipinski definition) is 4. The standard InChI is InChI=1S/C11H21N3O3S.ClH/c1-18(16,17)14-7-5-13(6-8-14)11(15)9-10-3-2-4-12-10;/h10,12H,2-9H2,1H3;1H. The Kier molecular flexibility index (Phi) is 6.04. The highest BCUT2D eigenvalue weighted by Crippen LogP contribution is 2.12. The number of nitrogens with zero attached hydrogens (tertiary/aromatic N) is 2. The molecule has 0 spiro atoms. The largest absolute Gasteiger partial charge is 0.340 e. The van der Waals surface area contributed by atoms with Crippen LogP contribution in [-0.2, 0) is 14.8 Å². The first-order chi connectivity index (χ1) is 8.47. The summed E-state index contributed by atoms with van der Waals surface area (Å²) in [4.78, 5) is 13.8. The van der Waals surface area contributed by atoms with Crippen molar-refractivity contribution in [2.24, 2.45) is 0 Å². The summed E-state index contributed by atoms with van der Waals surface area (Å²) >= 11 is 0. The quantitative estimate of drug-likeness (QED) is 0.774. The van der Waals surface area contributed by atoms with E-state index in [0.717, 1.165) is 19.4 Å². The fourth-order valence-electron chi connectivity index (χ4n) is 2.54. The number of hydrogen-bond donors (Lipinski definition) is 1. The van der Waals surface area contributed by atoms with Crippen molar-refractivity contribution in [1.82, 2.24) is 14.5 Å². The number of carbonyl (C=O) groups is 1. The van der Waals surface area contributed by atoms with Gasteiger partial charge >= 0.3 is 0 Å². The van der Waals surface area contributed by atoms with E-state index in [9.17, 15) is 13.2 Å². The summed E-state index contributed by atoms with van der Waals surface area (Å²) in [6.45, 7) is 2.86. The summed E-state index contributed by atoms with van der Waals surface area (Å²) in [5.41, 5.74) is 0. The Morgan fingerprint density at radius 2 is 1.89 bits per heavy atom. The minimum Gasteiger partial charge on any atom is -0.340 e. The van der Waals surface area contributed by atoms with E-state index >= 15 is 0 Å². The molecule has 1 amide bonds. The Morgan fingerprint density at radius 1 is 1.26 bits per heavy atom. The fraction of sp³-hybridized carbons (Fsp3) is 0.909. The molecular weight excluding hydrogens is 290 g/mol. The van der Waals surface area contributed by atoms with Gasteiger partial charge in [0.2, 0.25) is 15.9 Å². The first kappa shape index (κ1) is 16.7.